The van der Waals surface area contributed by atoms with Gasteiger partial charge in [0.25, 0.3) is 0 Å². The molecule has 1 amide bonds. The first-order valence-electron chi connectivity index (χ1n) is 9.67. The lowest BCUT2D eigenvalue weighted by Gasteiger charge is -2.24. The van der Waals surface area contributed by atoms with Gasteiger partial charge in [-0.15, -0.1) is 0 Å². The molecule has 0 radical (unpaired) electrons. The van der Waals surface area contributed by atoms with E-state index in [-0.39, 0.29) is 23.4 Å². The van der Waals surface area contributed by atoms with E-state index in [0.29, 0.717) is 5.92 Å². The maximum absolute atomic E-state index is 11.5. The molecule has 148 valence electrons. The normalized spacial score (nSPS) is 16.2. The molecule has 0 N–H and O–H groups in total. The van der Waals surface area contributed by atoms with Crippen molar-refractivity contribution < 1.29 is 14.3 Å². The van der Waals surface area contributed by atoms with E-state index in [1.54, 1.807) is 4.90 Å². The summed E-state index contributed by atoms with van der Waals surface area (Å²) in [6, 6.07) is 9.38. The van der Waals surface area contributed by atoms with Crippen LogP contribution in [0.15, 0.2) is 30.3 Å². The van der Waals surface area contributed by atoms with Crippen LogP contribution in [0.25, 0.3) is 0 Å². The highest BCUT2D eigenvalue weighted by molar-refractivity contribution is 5.97. The number of Topliss-reactive ketones (excluding diaryl/α,β-unsaturated/α-hetero) is 1. The lowest BCUT2D eigenvalue weighted by molar-refractivity contribution is 0.0289. The Kier molecular flexibility index (Phi) is 10.9. The van der Waals surface area contributed by atoms with Crippen LogP contribution < -0.4 is 0 Å². The van der Waals surface area contributed by atoms with Gasteiger partial charge in [-0.3, -0.25) is 4.79 Å². The van der Waals surface area contributed by atoms with E-state index < -0.39 is 0 Å². The minimum atomic E-state index is -0.372. The molecular formula is C22H37NO3. The van der Waals surface area contributed by atoms with Crippen molar-refractivity contribution in [2.45, 2.75) is 67.4 Å². The number of rotatable bonds is 2. The van der Waals surface area contributed by atoms with E-state index >= 15 is 0 Å². The summed E-state index contributed by atoms with van der Waals surface area (Å²) in [5.74, 6) is 0.926. The van der Waals surface area contributed by atoms with Gasteiger partial charge in [0.05, 0.1) is 0 Å². The SMILES string of the molecule is CC.CC(C)C(=O)c1ccccc1.C[C@@H]1CCN(C(=O)OC(C)(C)C)C1. The van der Waals surface area contributed by atoms with Crippen molar-refractivity contribution in [1.82, 2.24) is 4.90 Å². The van der Waals surface area contributed by atoms with Crippen LogP contribution in [0.5, 0.6) is 0 Å². The Morgan fingerprint density at radius 2 is 1.65 bits per heavy atom. The second-order valence-electron chi connectivity index (χ2n) is 7.71. The minimum Gasteiger partial charge on any atom is -0.444 e. The van der Waals surface area contributed by atoms with Gasteiger partial charge in [-0.05, 0) is 33.1 Å². The van der Waals surface area contributed by atoms with Crippen molar-refractivity contribution in [2.75, 3.05) is 13.1 Å². The molecule has 1 aliphatic heterocycles. The number of hydrogen-bond acceptors (Lipinski definition) is 3. The van der Waals surface area contributed by atoms with Crippen LogP contribution in [0.2, 0.25) is 0 Å². The molecule has 1 aromatic rings. The van der Waals surface area contributed by atoms with Gasteiger partial charge in [-0.1, -0.05) is 65.0 Å². The average molecular weight is 364 g/mol. The molecular weight excluding hydrogens is 326 g/mol. The van der Waals surface area contributed by atoms with Crippen LogP contribution in [-0.4, -0.2) is 35.5 Å². The van der Waals surface area contributed by atoms with Crippen molar-refractivity contribution in [1.29, 1.82) is 0 Å². The summed E-state index contributed by atoms with van der Waals surface area (Å²) in [6.45, 7) is 17.3. The van der Waals surface area contributed by atoms with E-state index in [0.717, 1.165) is 25.1 Å². The van der Waals surface area contributed by atoms with Crippen LogP contribution in [-0.2, 0) is 4.74 Å². The number of ketones is 1. The smallest absolute Gasteiger partial charge is 0.410 e. The molecule has 1 fully saturated rings. The van der Waals surface area contributed by atoms with Gasteiger partial charge in [0.1, 0.15) is 5.60 Å². The number of ether oxygens (including phenoxy) is 1. The highest BCUT2D eigenvalue weighted by atomic mass is 16.6. The van der Waals surface area contributed by atoms with Crippen molar-refractivity contribution >= 4 is 11.9 Å². The predicted molar refractivity (Wildman–Crippen MR) is 109 cm³/mol. The largest absolute Gasteiger partial charge is 0.444 e. The molecule has 1 aromatic carbocycles. The topological polar surface area (TPSA) is 46.6 Å². The maximum Gasteiger partial charge on any atom is 0.410 e. The number of hydrogen-bond donors (Lipinski definition) is 0. The van der Waals surface area contributed by atoms with E-state index in [2.05, 4.69) is 6.92 Å². The first kappa shape index (κ1) is 24.2. The molecule has 0 spiro atoms. The van der Waals surface area contributed by atoms with Gasteiger partial charge in [-0.25, -0.2) is 4.79 Å². The first-order valence-corrected chi connectivity index (χ1v) is 9.67. The summed E-state index contributed by atoms with van der Waals surface area (Å²) in [5, 5.41) is 0. The number of carbonyl (C=O) groups excluding carboxylic acids is 2. The Morgan fingerprint density at radius 1 is 1.12 bits per heavy atom. The zero-order valence-electron chi connectivity index (χ0n) is 17.8. The Morgan fingerprint density at radius 3 is 2.04 bits per heavy atom. The number of carbonyl (C=O) groups is 2. The summed E-state index contributed by atoms with van der Waals surface area (Å²) < 4.78 is 5.26. The van der Waals surface area contributed by atoms with Crippen LogP contribution in [0.1, 0.15) is 72.2 Å². The zero-order chi connectivity index (χ0) is 20.3. The van der Waals surface area contributed by atoms with E-state index in [1.807, 2.05) is 78.8 Å². The fourth-order valence-electron chi connectivity index (χ4n) is 2.36. The number of benzene rings is 1. The zero-order valence-corrected chi connectivity index (χ0v) is 17.8. The third-order valence-electron chi connectivity index (χ3n) is 3.66. The van der Waals surface area contributed by atoms with Gasteiger partial charge in [0, 0.05) is 24.6 Å². The third kappa shape index (κ3) is 9.59. The molecule has 26 heavy (non-hydrogen) atoms. The first-order chi connectivity index (χ1) is 12.1. The quantitative estimate of drug-likeness (QED) is 0.622. The summed E-state index contributed by atoms with van der Waals surface area (Å²) >= 11 is 0. The summed E-state index contributed by atoms with van der Waals surface area (Å²) in [4.78, 5) is 24.6. The van der Waals surface area contributed by atoms with Gasteiger partial charge >= 0.3 is 6.09 Å². The lowest BCUT2D eigenvalue weighted by Crippen LogP contribution is -2.35. The molecule has 0 aromatic heterocycles. The molecule has 1 atom stereocenters. The van der Waals surface area contributed by atoms with Crippen molar-refractivity contribution in [2.24, 2.45) is 11.8 Å². The number of nitrogens with zero attached hydrogens (tertiary/aromatic N) is 1. The van der Waals surface area contributed by atoms with Gasteiger partial charge in [0.2, 0.25) is 0 Å². The molecule has 0 aliphatic carbocycles. The third-order valence-corrected chi connectivity index (χ3v) is 3.66. The fraction of sp³-hybridized carbons (Fsp3) is 0.636. The maximum atomic E-state index is 11.5. The fourth-order valence-corrected chi connectivity index (χ4v) is 2.36. The molecule has 4 heteroatoms. The summed E-state index contributed by atoms with van der Waals surface area (Å²) in [5.41, 5.74) is 0.436. The molecule has 1 saturated heterocycles. The predicted octanol–water partition coefficient (Wildman–Crippen LogP) is 5.81. The van der Waals surface area contributed by atoms with Crippen LogP contribution >= 0.6 is 0 Å². The standard InChI is InChI=1S/C10H19NO2.C10H12O.C2H6/c1-8-5-6-11(7-8)9(12)13-10(2,3)4;1-8(2)10(11)9-6-4-3-5-7-9;1-2/h8H,5-7H2,1-4H3;3-8H,1-2H3;1-2H3/t8-;;/m1../s1. The molecule has 0 bridgehead atoms. The van der Waals surface area contributed by atoms with E-state index in [1.165, 1.54) is 0 Å². The molecule has 4 nitrogen and oxygen atoms in total. The second-order valence-corrected chi connectivity index (χ2v) is 7.71. The Bertz CT molecular complexity index is 532. The van der Waals surface area contributed by atoms with Crippen LogP contribution in [0, 0.1) is 11.8 Å². The van der Waals surface area contributed by atoms with Gasteiger partial charge in [-0.2, -0.15) is 0 Å². The number of amides is 1. The second kappa shape index (κ2) is 11.7. The van der Waals surface area contributed by atoms with Crippen molar-refractivity contribution in [3.8, 4) is 0 Å². The van der Waals surface area contributed by atoms with E-state index in [4.69, 9.17) is 4.74 Å². The lowest BCUT2D eigenvalue weighted by atomic mass is 10.0. The average Bonchev–Trinajstić information content (AvgIpc) is 3.02. The highest BCUT2D eigenvalue weighted by Crippen LogP contribution is 2.18. The Balaban J connectivity index is 0.000000444. The minimum absolute atomic E-state index is 0.0948. The monoisotopic (exact) mass is 363 g/mol. The highest BCUT2D eigenvalue weighted by Gasteiger charge is 2.27. The molecule has 0 saturated carbocycles. The Hall–Kier alpha value is -1.84. The summed E-state index contributed by atoms with van der Waals surface area (Å²) in [7, 11) is 0. The van der Waals surface area contributed by atoms with Gasteiger partial charge in [0.15, 0.2) is 5.78 Å². The number of likely N-dealkylation sites (tertiary alicyclic amines) is 1. The molecule has 1 aliphatic rings. The van der Waals surface area contributed by atoms with Crippen LogP contribution in [0.3, 0.4) is 0 Å². The molecule has 0 unspecified atom stereocenters. The molecule has 2 rings (SSSR count). The summed E-state index contributed by atoms with van der Waals surface area (Å²) in [6.07, 6.45) is 0.927. The van der Waals surface area contributed by atoms with E-state index in [9.17, 15) is 9.59 Å². The van der Waals surface area contributed by atoms with Crippen molar-refractivity contribution in [3.63, 3.8) is 0 Å². The van der Waals surface area contributed by atoms with Crippen LogP contribution in [0.4, 0.5) is 4.79 Å². The Labute approximate surface area is 159 Å². The van der Waals surface area contributed by atoms with Crippen molar-refractivity contribution in [3.05, 3.63) is 35.9 Å². The molecule has 1 heterocycles. The van der Waals surface area contributed by atoms with Gasteiger partial charge < -0.3 is 9.64 Å².